The molecule has 0 spiro atoms. The summed E-state index contributed by atoms with van der Waals surface area (Å²) in [6.07, 6.45) is 16.9. The molecule has 0 N–H and O–H groups in total. The second kappa shape index (κ2) is 30.6. The first kappa shape index (κ1) is 81.0. The first-order valence-corrected chi connectivity index (χ1v) is 36.3. The van der Waals surface area contributed by atoms with Crippen LogP contribution < -0.4 is 0 Å². The van der Waals surface area contributed by atoms with E-state index >= 15 is 79.3 Å². The van der Waals surface area contributed by atoms with Gasteiger partial charge in [0.25, 0.3) is 0 Å². The van der Waals surface area contributed by atoms with Crippen LogP contribution in [0.4, 0.5) is 0 Å². The van der Waals surface area contributed by atoms with Gasteiger partial charge in [0.15, 0.2) is 0 Å². The fourth-order valence-corrected chi connectivity index (χ4v) is 13.6. The molecule has 1 aliphatic carbocycles. The Morgan fingerprint density at radius 3 is 0.471 bits per heavy atom. The van der Waals surface area contributed by atoms with Crippen molar-refractivity contribution in [1.29, 1.82) is 0 Å². The van der Waals surface area contributed by atoms with Crippen LogP contribution in [-0.2, 0) is 170 Å². The van der Waals surface area contributed by atoms with E-state index in [1.54, 1.807) is 0 Å². The van der Waals surface area contributed by atoms with Crippen LogP contribution in [0.1, 0.15) is 0 Å². The van der Waals surface area contributed by atoms with Gasteiger partial charge in [-0.1, -0.05) is 0 Å². The van der Waals surface area contributed by atoms with Gasteiger partial charge < -0.3 is 57.8 Å². The lowest BCUT2D eigenvalue weighted by Gasteiger charge is -2.66. The van der Waals surface area contributed by atoms with Gasteiger partial charge in [-0.2, -0.15) is 75.6 Å². The molecule has 0 aromatic rings. The number of likely N-dealkylation sites (N-methyl/N-ethyl adjacent to an activating group) is 6. The van der Waals surface area contributed by atoms with Crippen LogP contribution in [0.15, 0.2) is 144 Å². The fraction of sp³-hybridized carbons (Fsp3) is 0.444. The number of allylic oxidation sites excluding steroid dienone is 12. The van der Waals surface area contributed by atoms with E-state index in [-0.39, 0.29) is 42.7 Å². The third-order valence-electron chi connectivity index (χ3n) is 14.5. The average Bonchev–Trinajstić information content (AvgIpc) is 0.623. The maximum Gasteiger partial charge on any atom is 0.403 e. The highest BCUT2D eigenvalue weighted by molar-refractivity contribution is 7.83. The van der Waals surface area contributed by atoms with Crippen LogP contribution in [-0.4, -0.2) is 275 Å². The van der Waals surface area contributed by atoms with Crippen LogP contribution in [0, 0.1) is 0 Å². The summed E-state index contributed by atoms with van der Waals surface area (Å²) in [5, 5.41) is 0. The van der Waals surface area contributed by atoms with Crippen molar-refractivity contribution in [2.24, 2.45) is 0 Å². The molecule has 42 nitrogen and oxygen atoms in total. The highest BCUT2D eigenvalue weighted by Crippen LogP contribution is 2.71. The Hall–Kier alpha value is -8.28. The van der Waals surface area contributed by atoms with E-state index in [0.717, 1.165) is 65.9 Å². The Balaban J connectivity index is 2.16. The lowest BCUT2D eigenvalue weighted by Crippen LogP contribution is -3.01. The molecular weight excluding hydrogens is 1500 g/mol. The van der Waals surface area contributed by atoms with Gasteiger partial charge in [-0.25, -0.2) is 28.8 Å². The molecule has 0 radical (unpaired) electrons. The predicted molar refractivity (Wildman–Crippen MR) is 334 cm³/mol. The van der Waals surface area contributed by atoms with E-state index in [1.807, 2.05) is 0 Å². The second-order valence-electron chi connectivity index (χ2n) is 21.7. The third-order valence-corrected chi connectivity index (χ3v) is 19.6. The number of esters is 6. The molecule has 7 rings (SSSR count). The van der Waals surface area contributed by atoms with Crippen LogP contribution in [0.2, 0.25) is 0 Å². The predicted octanol–water partition coefficient (Wildman–Crippen LogP) is -2.80. The molecule has 0 amide bonds. The van der Waals surface area contributed by atoms with E-state index in [4.69, 9.17) is 53.5 Å². The molecule has 0 aromatic heterocycles. The molecule has 0 unspecified atom stereocenters. The summed E-state index contributed by atoms with van der Waals surface area (Å²) >= 11 is 0. The van der Waals surface area contributed by atoms with Crippen LogP contribution in [0.3, 0.4) is 0 Å². The summed E-state index contributed by atoms with van der Waals surface area (Å²) in [5.74, 6) is -55.0. The number of carbonyl (C=O) groups excluding carboxylic acids is 6. The van der Waals surface area contributed by atoms with Crippen molar-refractivity contribution in [3.8, 4) is 0 Å². The molecule has 1 fully saturated rings. The van der Waals surface area contributed by atoms with Gasteiger partial charge in [-0.3, -0.25) is 25.1 Å². The van der Waals surface area contributed by atoms with Gasteiger partial charge in [0, 0.05) is 81.6 Å². The highest BCUT2D eigenvalue weighted by atomic mass is 32.3. The van der Waals surface area contributed by atoms with Crippen LogP contribution >= 0.6 is 0 Å². The van der Waals surface area contributed by atoms with Crippen molar-refractivity contribution in [1.82, 2.24) is 29.4 Å². The number of nitrogens with zero attached hydrogens (tertiary/aromatic N) is 6. The average molecular weight is 1570 g/mol. The number of hydrogen-bond acceptors (Lipinski definition) is 42. The van der Waals surface area contributed by atoms with Gasteiger partial charge in [-0.05, 0) is 110 Å². The molecule has 564 valence electrons. The van der Waals surface area contributed by atoms with Crippen molar-refractivity contribution in [2.45, 2.75) is 34.7 Å². The standard InChI is InChI=1S/C54H66N6O36S6/c1-55-25-13-19-37(31-55)43(61)85-49(91-97(67,68)79-7)50(92-98(69,70)80-8,86-44(62)38-20-14-26-56(2)32-38)52(94-100(73,74)82-10,88-46(64)40-22-16-28-58(4)34-40)54(96-102(77,78)84-12,90-48(66)42-24-18-30-60(6)36-42)53(95-101(75,76)83-11,89-47(65)41-23-17-29-59(5)35-41)51(49,93-99(71,72)81-9)87-45(63)39-21-15-27-57(3)33-39/h13-30H,31-36H2,1-12H3. The zero-order chi connectivity index (χ0) is 76.1. The molecule has 6 heterocycles. The first-order valence-electron chi connectivity index (χ1n) is 28.3. The summed E-state index contributed by atoms with van der Waals surface area (Å²) < 4.78 is 285. The van der Waals surface area contributed by atoms with Crippen molar-refractivity contribution in [2.75, 3.05) is 124 Å². The summed E-state index contributed by atoms with van der Waals surface area (Å²) in [6.45, 7) is -5.86. The minimum absolute atomic E-state index is 0.0448. The Kier molecular flexibility index (Phi) is 24.3. The van der Waals surface area contributed by atoms with Gasteiger partial charge >= 0.3 is 133 Å². The minimum atomic E-state index is -7.23. The zero-order valence-electron chi connectivity index (χ0n) is 55.5. The topological polar surface area (TPSA) is 493 Å². The molecule has 6 aliphatic heterocycles. The molecule has 0 saturated heterocycles. The Morgan fingerprint density at radius 1 is 0.255 bits per heavy atom. The summed E-state index contributed by atoms with van der Waals surface area (Å²) in [7, 11) is -36.0. The molecule has 0 atom stereocenters. The molecule has 1 saturated carbocycles. The van der Waals surface area contributed by atoms with Crippen LogP contribution in [0.5, 0.6) is 0 Å². The van der Waals surface area contributed by atoms with E-state index < -0.39 is 206 Å². The molecular formula is C54H66N6O36S6. The van der Waals surface area contributed by atoms with E-state index in [9.17, 15) is 0 Å². The van der Waals surface area contributed by atoms with E-state index in [1.165, 1.54) is 79.5 Å². The van der Waals surface area contributed by atoms with Gasteiger partial charge in [0.2, 0.25) is 0 Å². The molecule has 0 aromatic carbocycles. The summed E-state index contributed by atoms with van der Waals surface area (Å²) in [4.78, 5) is 104. The maximum atomic E-state index is 16.3. The smallest absolute Gasteiger partial charge is 0.403 e. The quantitative estimate of drug-likeness (QED) is 0.0398. The Bertz CT molecular complexity index is 3750. The zero-order valence-corrected chi connectivity index (χ0v) is 60.4. The number of hydrogen-bond donors (Lipinski definition) is 0. The highest BCUT2D eigenvalue weighted by Gasteiger charge is 3.09. The van der Waals surface area contributed by atoms with Gasteiger partial charge in [-0.15, -0.1) is 0 Å². The molecule has 7 aliphatic rings. The molecule has 102 heavy (non-hydrogen) atoms. The first-order chi connectivity index (χ1) is 47.4. The Labute approximate surface area is 585 Å². The van der Waals surface area contributed by atoms with Crippen molar-refractivity contribution < 1.29 is 158 Å². The summed E-state index contributed by atoms with van der Waals surface area (Å²) in [5.41, 5.74) is -6.67. The normalized spacial score (nSPS) is 26.2. The third kappa shape index (κ3) is 16.5. The van der Waals surface area contributed by atoms with Gasteiger partial charge in [0.05, 0.1) is 76.1 Å². The number of carbonyl (C=O) groups is 6. The van der Waals surface area contributed by atoms with Crippen molar-refractivity contribution >= 4 is 98.2 Å². The van der Waals surface area contributed by atoms with Gasteiger partial charge in [0.1, 0.15) is 0 Å². The molecule has 0 bridgehead atoms. The lowest BCUT2D eigenvalue weighted by atomic mass is 9.68. The van der Waals surface area contributed by atoms with E-state index in [2.05, 4.69) is 25.1 Å². The van der Waals surface area contributed by atoms with Crippen LogP contribution in [0.25, 0.3) is 0 Å². The lowest BCUT2D eigenvalue weighted by molar-refractivity contribution is -0.601. The maximum absolute atomic E-state index is 16.3. The Morgan fingerprint density at radius 2 is 0.373 bits per heavy atom. The van der Waals surface area contributed by atoms with Crippen molar-refractivity contribution in [3.63, 3.8) is 0 Å². The molecule has 48 heteroatoms. The number of ether oxygens (including phenoxy) is 6. The SMILES string of the molecule is COS(=O)(=O)OC1(OC(=O)C2=CC=CN(C)C2)C(OC(=O)C2=CC=CN(C)C2)(OS(=O)(=O)OC)C(OC(=O)C2=CC=CN(C)C2)(OS(=O)(=O)OC)C(OC(=O)C2=CC=CN(C)C2)(OS(=O)(=O)OC)C(OC(=O)C2=CC=CN(C)C2)(OS(=O)(=O)OC)C1(OC(=O)C1=CC=CN(C)C1)OS(=O)(=O)OC. The van der Waals surface area contributed by atoms with Crippen molar-refractivity contribution in [3.05, 3.63) is 144 Å². The minimum Gasteiger partial charge on any atom is -0.415 e. The second-order valence-corrected chi connectivity index (χ2v) is 29.6. The van der Waals surface area contributed by atoms with E-state index in [0.29, 0.717) is 36.5 Å². The summed E-state index contributed by atoms with van der Waals surface area (Å²) in [6, 6.07) is 0. The number of rotatable bonds is 30. The largest absolute Gasteiger partial charge is 0.415 e. The monoisotopic (exact) mass is 1570 g/mol. The fourth-order valence-electron chi connectivity index (χ4n) is 9.99.